The molecule has 1 atom stereocenters. The molecule has 0 bridgehead atoms. The van der Waals surface area contributed by atoms with Gasteiger partial charge in [-0.2, -0.15) is 0 Å². The van der Waals surface area contributed by atoms with Crippen molar-refractivity contribution in [2.24, 2.45) is 5.92 Å². The number of ketones is 1. The van der Waals surface area contributed by atoms with Crippen LogP contribution in [0.4, 0.5) is 0 Å². The Morgan fingerprint density at radius 3 is 2.15 bits per heavy atom. The molecule has 1 aromatic rings. The maximum atomic E-state index is 12.2. The molecule has 0 aliphatic rings. The number of benzene rings is 1. The molecule has 0 amide bonds. The van der Waals surface area contributed by atoms with Crippen LogP contribution >= 0.6 is 0 Å². The van der Waals surface area contributed by atoms with Crippen LogP contribution in [0.1, 0.15) is 52.5 Å². The summed E-state index contributed by atoms with van der Waals surface area (Å²) in [7, 11) is 0. The molecular formula is C17H26O3. The Balaban J connectivity index is 3.16. The minimum atomic E-state index is -0.0742. The highest BCUT2D eigenvalue weighted by molar-refractivity contribution is 5.86. The number of Topliss-reactive ketones (excluding diaryl/α,β-unsaturated/α-hetero) is 1. The smallest absolute Gasteiger partial charge is 0.161 e. The first-order valence-electron chi connectivity index (χ1n) is 7.47. The third-order valence-electron chi connectivity index (χ3n) is 3.29. The molecule has 1 rings (SSSR count). The van der Waals surface area contributed by atoms with Crippen LogP contribution in [-0.4, -0.2) is 19.0 Å². The van der Waals surface area contributed by atoms with E-state index in [4.69, 9.17) is 9.47 Å². The molecule has 0 aliphatic heterocycles. The minimum Gasteiger partial charge on any atom is -0.490 e. The van der Waals surface area contributed by atoms with Gasteiger partial charge in [-0.1, -0.05) is 26.8 Å². The quantitative estimate of drug-likeness (QED) is 0.715. The highest BCUT2D eigenvalue weighted by Crippen LogP contribution is 2.34. The molecule has 0 heterocycles. The van der Waals surface area contributed by atoms with Gasteiger partial charge in [-0.15, -0.1) is 0 Å². The summed E-state index contributed by atoms with van der Waals surface area (Å²) in [5.41, 5.74) is 1.01. The molecule has 0 N–H and O–H groups in total. The van der Waals surface area contributed by atoms with Gasteiger partial charge < -0.3 is 9.47 Å². The van der Waals surface area contributed by atoms with Crippen molar-refractivity contribution in [3.8, 4) is 11.5 Å². The van der Waals surface area contributed by atoms with Gasteiger partial charge >= 0.3 is 0 Å². The lowest BCUT2D eigenvalue weighted by Crippen LogP contribution is -2.17. The molecule has 0 saturated carbocycles. The summed E-state index contributed by atoms with van der Waals surface area (Å²) in [6.07, 6.45) is 0.556. The molecule has 0 aliphatic carbocycles. The van der Waals surface area contributed by atoms with Crippen LogP contribution in [0.25, 0.3) is 0 Å². The van der Waals surface area contributed by atoms with E-state index in [0.29, 0.717) is 19.6 Å². The predicted octanol–water partition coefficient (Wildman–Crippen LogP) is 4.20. The van der Waals surface area contributed by atoms with E-state index in [-0.39, 0.29) is 17.6 Å². The lowest BCUT2D eigenvalue weighted by Gasteiger charge is -2.21. The number of rotatable bonds is 8. The van der Waals surface area contributed by atoms with E-state index in [1.165, 1.54) is 0 Å². The van der Waals surface area contributed by atoms with E-state index in [1.807, 2.05) is 39.0 Å². The first-order chi connectivity index (χ1) is 9.54. The Labute approximate surface area is 122 Å². The third-order valence-corrected chi connectivity index (χ3v) is 3.29. The fourth-order valence-electron chi connectivity index (χ4n) is 2.42. The summed E-state index contributed by atoms with van der Waals surface area (Å²) < 4.78 is 11.2. The number of ether oxygens (including phenoxy) is 2. The average Bonchev–Trinajstić information content (AvgIpc) is 2.41. The normalized spacial score (nSPS) is 12.3. The van der Waals surface area contributed by atoms with Crippen molar-refractivity contribution in [1.82, 2.24) is 0 Å². The van der Waals surface area contributed by atoms with Crippen LogP contribution in [0.3, 0.4) is 0 Å². The summed E-state index contributed by atoms with van der Waals surface area (Å²) in [5, 5.41) is 0. The summed E-state index contributed by atoms with van der Waals surface area (Å²) >= 11 is 0. The van der Waals surface area contributed by atoms with Gasteiger partial charge in [0.05, 0.1) is 13.2 Å². The molecule has 0 aromatic heterocycles. The second kappa shape index (κ2) is 7.93. The number of carbonyl (C=O) groups is 1. The standard InChI is InChI=1S/C17H26O3/c1-6-14(18)17(12(4)5)13-9-10-15(19-7-2)16(11-13)20-8-3/h9-12,17H,6-8H2,1-5H3. The van der Waals surface area contributed by atoms with E-state index in [2.05, 4.69) is 13.8 Å². The van der Waals surface area contributed by atoms with E-state index < -0.39 is 0 Å². The molecule has 20 heavy (non-hydrogen) atoms. The lowest BCUT2D eigenvalue weighted by molar-refractivity contribution is -0.121. The summed E-state index contributed by atoms with van der Waals surface area (Å²) in [6, 6.07) is 5.83. The van der Waals surface area contributed by atoms with Gasteiger partial charge in [0, 0.05) is 12.3 Å². The van der Waals surface area contributed by atoms with Gasteiger partial charge in [-0.05, 0) is 37.5 Å². The molecule has 0 radical (unpaired) electrons. The first-order valence-corrected chi connectivity index (χ1v) is 7.47. The molecule has 0 fully saturated rings. The van der Waals surface area contributed by atoms with Crippen molar-refractivity contribution in [1.29, 1.82) is 0 Å². The topological polar surface area (TPSA) is 35.5 Å². The van der Waals surface area contributed by atoms with Gasteiger partial charge in [0.25, 0.3) is 0 Å². The first kappa shape index (κ1) is 16.5. The van der Waals surface area contributed by atoms with Crippen molar-refractivity contribution in [2.45, 2.75) is 47.0 Å². The van der Waals surface area contributed by atoms with E-state index in [9.17, 15) is 4.79 Å². The summed E-state index contributed by atoms with van der Waals surface area (Å²) in [5.74, 6) is 1.93. The Bertz CT molecular complexity index is 438. The maximum absolute atomic E-state index is 12.2. The second-order valence-corrected chi connectivity index (χ2v) is 5.11. The molecule has 3 heteroatoms. The maximum Gasteiger partial charge on any atom is 0.161 e. The Hall–Kier alpha value is -1.51. The van der Waals surface area contributed by atoms with Crippen molar-refractivity contribution in [3.05, 3.63) is 23.8 Å². The summed E-state index contributed by atoms with van der Waals surface area (Å²) in [4.78, 5) is 12.2. The van der Waals surface area contributed by atoms with Crippen molar-refractivity contribution in [2.75, 3.05) is 13.2 Å². The minimum absolute atomic E-state index is 0.0742. The number of carbonyl (C=O) groups excluding carboxylic acids is 1. The van der Waals surface area contributed by atoms with Crippen molar-refractivity contribution >= 4 is 5.78 Å². The van der Waals surface area contributed by atoms with Gasteiger partial charge in [0.1, 0.15) is 5.78 Å². The van der Waals surface area contributed by atoms with Gasteiger partial charge in [-0.25, -0.2) is 0 Å². The molecule has 1 aromatic carbocycles. The Kier molecular flexibility index (Phi) is 6.56. The Morgan fingerprint density at radius 2 is 1.65 bits per heavy atom. The van der Waals surface area contributed by atoms with Crippen LogP contribution < -0.4 is 9.47 Å². The molecule has 0 saturated heterocycles. The van der Waals surface area contributed by atoms with E-state index in [1.54, 1.807) is 0 Å². The molecule has 3 nitrogen and oxygen atoms in total. The largest absolute Gasteiger partial charge is 0.490 e. The van der Waals surface area contributed by atoms with E-state index >= 15 is 0 Å². The monoisotopic (exact) mass is 278 g/mol. The fourth-order valence-corrected chi connectivity index (χ4v) is 2.42. The van der Waals surface area contributed by atoms with Crippen LogP contribution in [0, 0.1) is 5.92 Å². The van der Waals surface area contributed by atoms with Crippen LogP contribution in [-0.2, 0) is 4.79 Å². The zero-order valence-corrected chi connectivity index (χ0v) is 13.2. The number of hydrogen-bond donors (Lipinski definition) is 0. The number of hydrogen-bond acceptors (Lipinski definition) is 3. The lowest BCUT2D eigenvalue weighted by atomic mass is 9.84. The molecule has 0 spiro atoms. The second-order valence-electron chi connectivity index (χ2n) is 5.11. The van der Waals surface area contributed by atoms with Crippen LogP contribution in [0.2, 0.25) is 0 Å². The van der Waals surface area contributed by atoms with E-state index in [0.717, 1.165) is 17.1 Å². The van der Waals surface area contributed by atoms with Crippen LogP contribution in [0.15, 0.2) is 18.2 Å². The fraction of sp³-hybridized carbons (Fsp3) is 0.588. The molecular weight excluding hydrogens is 252 g/mol. The van der Waals surface area contributed by atoms with Crippen LogP contribution in [0.5, 0.6) is 11.5 Å². The highest BCUT2D eigenvalue weighted by Gasteiger charge is 2.23. The Morgan fingerprint density at radius 1 is 1.05 bits per heavy atom. The van der Waals surface area contributed by atoms with Crippen molar-refractivity contribution in [3.63, 3.8) is 0 Å². The molecule has 112 valence electrons. The zero-order valence-electron chi connectivity index (χ0n) is 13.2. The van der Waals surface area contributed by atoms with Gasteiger partial charge in [0.2, 0.25) is 0 Å². The zero-order chi connectivity index (χ0) is 15.1. The average molecular weight is 278 g/mol. The van der Waals surface area contributed by atoms with Crippen molar-refractivity contribution < 1.29 is 14.3 Å². The summed E-state index contributed by atoms with van der Waals surface area (Å²) in [6.45, 7) is 11.1. The SMILES string of the molecule is CCOc1ccc(C(C(=O)CC)C(C)C)cc1OCC. The van der Waals surface area contributed by atoms with Gasteiger partial charge in [-0.3, -0.25) is 4.79 Å². The highest BCUT2D eigenvalue weighted by atomic mass is 16.5. The predicted molar refractivity (Wildman–Crippen MR) is 81.7 cm³/mol. The third kappa shape index (κ3) is 3.99. The molecule has 1 unspecified atom stereocenters. The van der Waals surface area contributed by atoms with Gasteiger partial charge in [0.15, 0.2) is 11.5 Å².